The number of carbonyl (C=O) groups is 1. The number of hydrazone groups is 1. The smallest absolute Gasteiger partial charge is 0.248 e. The first-order valence-corrected chi connectivity index (χ1v) is 12.1. The number of aromatic hydroxyl groups is 1. The summed E-state index contributed by atoms with van der Waals surface area (Å²) in [6.45, 7) is 0. The van der Waals surface area contributed by atoms with Crippen LogP contribution in [0.3, 0.4) is 0 Å². The fourth-order valence-electron chi connectivity index (χ4n) is 2.76. The van der Waals surface area contributed by atoms with Crippen molar-refractivity contribution in [3.63, 3.8) is 0 Å². The zero-order valence-electron chi connectivity index (χ0n) is 15.1. The second-order valence-electron chi connectivity index (χ2n) is 6.19. The molecule has 29 heavy (non-hydrogen) atoms. The number of nitrogens with one attached hydrogen (secondary N) is 1. The van der Waals surface area contributed by atoms with Gasteiger partial charge in [-0.2, -0.15) is 5.10 Å². The summed E-state index contributed by atoms with van der Waals surface area (Å²) in [5.74, 6) is -0.476. The average Bonchev–Trinajstić information content (AvgIpc) is 2.72. The highest BCUT2D eigenvalue weighted by Crippen LogP contribution is 2.42. The molecule has 3 aromatic rings. The van der Waals surface area contributed by atoms with Gasteiger partial charge >= 0.3 is 0 Å². The predicted octanol–water partition coefficient (Wildman–Crippen LogP) is 4.38. The lowest BCUT2D eigenvalue weighted by Gasteiger charge is -2.18. The van der Waals surface area contributed by atoms with Crippen LogP contribution in [0, 0.1) is 0 Å². The van der Waals surface area contributed by atoms with E-state index in [2.05, 4.69) is 42.4 Å². The minimum absolute atomic E-state index is 0.00504. The summed E-state index contributed by atoms with van der Waals surface area (Å²) in [5, 5.41) is 15.2. The maximum absolute atomic E-state index is 13.8. The maximum atomic E-state index is 13.8. The van der Waals surface area contributed by atoms with Gasteiger partial charge in [-0.1, -0.05) is 76.6 Å². The van der Waals surface area contributed by atoms with E-state index in [0.717, 1.165) is 4.47 Å². The van der Waals surface area contributed by atoms with Crippen molar-refractivity contribution in [3.05, 3.63) is 87.3 Å². The molecular formula is C21H17Br2N2O3P. The molecule has 2 N–H and O–H groups in total. The number of phenols is 1. The number of amides is 1. The van der Waals surface area contributed by atoms with Crippen molar-refractivity contribution >= 4 is 61.7 Å². The zero-order chi connectivity index (χ0) is 20.9. The summed E-state index contributed by atoms with van der Waals surface area (Å²) in [6, 6.07) is 21.3. The number of hydrogen-bond donors (Lipinski definition) is 2. The van der Waals surface area contributed by atoms with Gasteiger partial charge in [-0.25, -0.2) is 5.43 Å². The van der Waals surface area contributed by atoms with Gasteiger partial charge in [0.2, 0.25) is 5.91 Å². The molecule has 0 atom stereocenters. The Morgan fingerprint density at radius 3 is 2.10 bits per heavy atom. The minimum atomic E-state index is -3.17. The minimum Gasteiger partial charge on any atom is -0.506 e. The van der Waals surface area contributed by atoms with Crippen LogP contribution in [0.4, 0.5) is 0 Å². The van der Waals surface area contributed by atoms with Gasteiger partial charge in [0.15, 0.2) is 7.14 Å². The molecule has 0 aliphatic carbocycles. The number of benzene rings is 3. The largest absolute Gasteiger partial charge is 0.506 e. The Kier molecular flexibility index (Phi) is 7.06. The first-order chi connectivity index (χ1) is 13.9. The van der Waals surface area contributed by atoms with Gasteiger partial charge in [-0.3, -0.25) is 4.79 Å². The molecule has 1 amide bonds. The first-order valence-electron chi connectivity index (χ1n) is 8.60. The van der Waals surface area contributed by atoms with Crippen molar-refractivity contribution in [2.24, 2.45) is 5.10 Å². The fourth-order valence-corrected chi connectivity index (χ4v) is 6.47. The summed E-state index contributed by atoms with van der Waals surface area (Å²) in [4.78, 5) is 12.5. The van der Waals surface area contributed by atoms with Gasteiger partial charge in [0.25, 0.3) is 0 Å². The number of rotatable bonds is 6. The summed E-state index contributed by atoms with van der Waals surface area (Å²) < 4.78 is 15.1. The Hall–Kier alpha value is -2.21. The van der Waals surface area contributed by atoms with Gasteiger partial charge in [-0.15, -0.1) is 0 Å². The van der Waals surface area contributed by atoms with Crippen molar-refractivity contribution in [1.82, 2.24) is 5.43 Å². The zero-order valence-corrected chi connectivity index (χ0v) is 19.2. The van der Waals surface area contributed by atoms with Crippen molar-refractivity contribution in [2.45, 2.75) is 0 Å². The van der Waals surface area contributed by atoms with E-state index in [0.29, 0.717) is 20.6 Å². The van der Waals surface area contributed by atoms with Crippen molar-refractivity contribution in [1.29, 1.82) is 0 Å². The fraction of sp³-hybridized carbons (Fsp3) is 0.0476. The molecule has 0 fully saturated rings. The van der Waals surface area contributed by atoms with Crippen LogP contribution in [-0.4, -0.2) is 23.4 Å². The highest BCUT2D eigenvalue weighted by atomic mass is 79.9. The molecule has 5 nitrogen and oxygen atoms in total. The molecule has 0 bridgehead atoms. The number of carbonyl (C=O) groups excluding carboxylic acids is 1. The van der Waals surface area contributed by atoms with E-state index in [1.165, 1.54) is 6.21 Å². The maximum Gasteiger partial charge on any atom is 0.248 e. The predicted molar refractivity (Wildman–Crippen MR) is 124 cm³/mol. The summed E-state index contributed by atoms with van der Waals surface area (Å²) in [5.41, 5.74) is 2.83. The van der Waals surface area contributed by atoms with Crippen LogP contribution in [0.25, 0.3) is 0 Å². The number of nitrogens with zero attached hydrogens (tertiary/aromatic N) is 1. The Balaban J connectivity index is 1.81. The van der Waals surface area contributed by atoms with E-state index in [4.69, 9.17) is 0 Å². The van der Waals surface area contributed by atoms with E-state index in [9.17, 15) is 14.5 Å². The van der Waals surface area contributed by atoms with E-state index in [1.54, 1.807) is 60.7 Å². The number of hydrogen-bond acceptors (Lipinski definition) is 4. The van der Waals surface area contributed by atoms with Gasteiger partial charge in [0, 0.05) is 20.6 Å². The van der Waals surface area contributed by atoms with Gasteiger partial charge in [0.05, 0.1) is 16.8 Å². The highest BCUT2D eigenvalue weighted by Gasteiger charge is 2.30. The Labute approximate surface area is 185 Å². The van der Waals surface area contributed by atoms with Crippen molar-refractivity contribution in [2.75, 3.05) is 6.16 Å². The third-order valence-corrected chi connectivity index (χ3v) is 8.22. The molecule has 8 heteroatoms. The molecule has 0 radical (unpaired) electrons. The van der Waals surface area contributed by atoms with Crippen LogP contribution >= 0.6 is 39.0 Å². The molecule has 0 aromatic heterocycles. The lowest BCUT2D eigenvalue weighted by molar-refractivity contribution is -0.118. The molecule has 0 spiro atoms. The highest BCUT2D eigenvalue weighted by molar-refractivity contribution is 9.11. The molecule has 0 aliphatic heterocycles. The monoisotopic (exact) mass is 534 g/mol. The van der Waals surface area contributed by atoms with Gasteiger partial charge < -0.3 is 9.67 Å². The molecular weight excluding hydrogens is 519 g/mol. The third-order valence-electron chi connectivity index (χ3n) is 4.16. The lowest BCUT2D eigenvalue weighted by atomic mass is 10.2. The SMILES string of the molecule is O=C(CP(=O)(c1ccccc1)c1ccccc1)N/N=C\c1cc(Br)cc(Br)c1O. The van der Waals surface area contributed by atoms with Crippen LogP contribution in [-0.2, 0) is 9.36 Å². The van der Waals surface area contributed by atoms with Crippen LogP contribution in [0.1, 0.15) is 5.56 Å². The summed E-state index contributed by atoms with van der Waals surface area (Å²) >= 11 is 6.58. The molecule has 3 aromatic carbocycles. The molecule has 0 saturated carbocycles. The second kappa shape index (κ2) is 9.53. The summed E-state index contributed by atoms with van der Waals surface area (Å²) in [7, 11) is -3.17. The molecule has 0 unspecified atom stereocenters. The number of halogens is 2. The van der Waals surface area contributed by atoms with Crippen LogP contribution in [0.15, 0.2) is 86.8 Å². The van der Waals surface area contributed by atoms with E-state index >= 15 is 0 Å². The van der Waals surface area contributed by atoms with Gasteiger partial charge in [0.1, 0.15) is 5.75 Å². The topological polar surface area (TPSA) is 78.8 Å². The number of phenolic OH excluding ortho intramolecular Hbond substituents is 1. The quantitative estimate of drug-likeness (QED) is 0.279. The first kappa shape index (κ1) is 21.5. The Morgan fingerprint density at radius 1 is 1.00 bits per heavy atom. The third kappa shape index (κ3) is 5.24. The second-order valence-corrected chi connectivity index (χ2v) is 10.8. The standard InChI is InChI=1S/C21H17Br2N2O3P/c22-16-11-15(21(27)19(23)12-16)13-24-25-20(26)14-29(28,17-7-3-1-4-8-17)18-9-5-2-6-10-18/h1-13,27H,14H2,(H,25,26)/b24-13-. The average molecular weight is 536 g/mol. The molecule has 148 valence electrons. The van der Waals surface area contributed by atoms with Gasteiger partial charge in [-0.05, 0) is 28.1 Å². The Bertz CT molecular complexity index is 1050. The molecule has 0 heterocycles. The lowest BCUT2D eigenvalue weighted by Crippen LogP contribution is -2.28. The molecule has 3 rings (SSSR count). The van der Waals surface area contributed by atoms with E-state index in [1.807, 2.05) is 12.1 Å². The van der Waals surface area contributed by atoms with Crippen LogP contribution < -0.4 is 16.0 Å². The molecule has 0 aliphatic rings. The summed E-state index contributed by atoms with van der Waals surface area (Å²) in [6.07, 6.45) is 1.12. The van der Waals surface area contributed by atoms with Crippen molar-refractivity contribution in [3.8, 4) is 5.75 Å². The van der Waals surface area contributed by atoms with Crippen LogP contribution in [0.5, 0.6) is 5.75 Å². The van der Waals surface area contributed by atoms with E-state index < -0.39 is 13.0 Å². The molecule has 0 saturated heterocycles. The Morgan fingerprint density at radius 2 is 1.55 bits per heavy atom. The normalized spacial score (nSPS) is 11.5. The van der Waals surface area contributed by atoms with Crippen LogP contribution in [0.2, 0.25) is 0 Å². The van der Waals surface area contributed by atoms with Crippen molar-refractivity contribution < 1.29 is 14.5 Å². The van der Waals surface area contributed by atoms with E-state index in [-0.39, 0.29) is 11.9 Å².